The summed E-state index contributed by atoms with van der Waals surface area (Å²) < 4.78 is 14.3. The minimum absolute atomic E-state index is 0.0654. The van der Waals surface area contributed by atoms with Crippen molar-refractivity contribution in [2.45, 2.75) is 148 Å². The van der Waals surface area contributed by atoms with E-state index in [0.717, 1.165) is 6.42 Å². The highest BCUT2D eigenvalue weighted by atomic mass is 28.4. The van der Waals surface area contributed by atoms with Crippen molar-refractivity contribution in [3.8, 4) is 0 Å². The number of aliphatic hydroxyl groups is 1. The Kier molecular flexibility index (Phi) is 9.47. The molecule has 5 atom stereocenters. The second-order valence-corrected chi connectivity index (χ2v) is 17.3. The highest BCUT2D eigenvalue weighted by Crippen LogP contribution is 2.58. The van der Waals surface area contributed by atoms with E-state index in [2.05, 4.69) is 62.0 Å². The minimum atomic E-state index is -2.02. The Morgan fingerprint density at radius 3 is 1.90 bits per heavy atom. The smallest absolute Gasteiger partial charge is 0.200 e. The van der Waals surface area contributed by atoms with E-state index in [0.29, 0.717) is 29.0 Å². The van der Waals surface area contributed by atoms with E-state index in [-0.39, 0.29) is 29.8 Å². The molecule has 3 nitrogen and oxygen atoms in total. The van der Waals surface area contributed by atoms with Gasteiger partial charge in [0.25, 0.3) is 0 Å². The molecule has 0 unspecified atom stereocenters. The topological polar surface area (TPSA) is 38.7 Å². The van der Waals surface area contributed by atoms with Gasteiger partial charge in [0.15, 0.2) is 0 Å². The third-order valence-corrected chi connectivity index (χ3v) is 14.6. The molecule has 4 heteroatoms. The van der Waals surface area contributed by atoms with Gasteiger partial charge in [-0.15, -0.1) is 0 Å². The van der Waals surface area contributed by atoms with E-state index in [4.69, 9.17) is 9.16 Å². The van der Waals surface area contributed by atoms with Crippen molar-refractivity contribution in [2.24, 2.45) is 11.3 Å². The summed E-state index contributed by atoms with van der Waals surface area (Å²) in [6, 6.07) is 0. The van der Waals surface area contributed by atoms with Gasteiger partial charge in [-0.05, 0) is 63.1 Å². The highest BCUT2D eigenvalue weighted by Gasteiger charge is 2.60. The Hall–Kier alpha value is -0.163. The lowest BCUT2D eigenvalue weighted by molar-refractivity contribution is -0.112. The lowest BCUT2D eigenvalue weighted by atomic mass is 9.69. The first-order chi connectivity index (χ1) is 14.4. The molecule has 2 aliphatic rings. The first kappa shape index (κ1) is 27.1. The van der Waals surface area contributed by atoms with E-state index in [1.165, 1.54) is 37.7 Å². The first-order valence-electron chi connectivity index (χ1n) is 13.0. The number of rotatable bonds is 10. The van der Waals surface area contributed by atoms with Crippen LogP contribution < -0.4 is 0 Å². The van der Waals surface area contributed by atoms with Crippen LogP contribution in [-0.2, 0) is 9.16 Å². The van der Waals surface area contributed by atoms with E-state index < -0.39 is 8.32 Å². The van der Waals surface area contributed by atoms with Crippen molar-refractivity contribution in [1.29, 1.82) is 0 Å². The zero-order chi connectivity index (χ0) is 23.6. The maximum absolute atomic E-state index is 9.91. The lowest BCUT2D eigenvalue weighted by Crippen LogP contribution is -2.55. The third kappa shape index (κ3) is 5.50. The largest absolute Gasteiger partial charge is 0.412 e. The van der Waals surface area contributed by atoms with Gasteiger partial charge in [-0.25, -0.2) is 0 Å². The van der Waals surface area contributed by atoms with E-state index in [9.17, 15) is 5.11 Å². The van der Waals surface area contributed by atoms with Gasteiger partial charge in [-0.1, -0.05) is 73.0 Å². The molecule has 0 saturated heterocycles. The van der Waals surface area contributed by atoms with Crippen LogP contribution in [0.25, 0.3) is 0 Å². The lowest BCUT2D eigenvalue weighted by Gasteiger charge is -2.51. The van der Waals surface area contributed by atoms with Crippen LogP contribution in [-0.4, -0.2) is 37.8 Å². The molecule has 2 aliphatic carbocycles. The fourth-order valence-electron chi connectivity index (χ4n) is 7.28. The van der Waals surface area contributed by atoms with Gasteiger partial charge in [-0.3, -0.25) is 0 Å². The number of aliphatic hydroxyl groups excluding tert-OH is 1. The molecule has 0 radical (unpaired) electrons. The Labute approximate surface area is 194 Å². The predicted octanol–water partition coefficient (Wildman–Crippen LogP) is 7.64. The Morgan fingerprint density at radius 2 is 1.48 bits per heavy atom. The average Bonchev–Trinajstić information content (AvgIpc) is 2.91. The molecule has 2 fully saturated rings. The van der Waals surface area contributed by atoms with Crippen LogP contribution in [0, 0.1) is 11.3 Å². The molecule has 0 aromatic heterocycles. The molecule has 2 saturated carbocycles. The molecule has 182 valence electrons. The number of hydrogen-bond acceptors (Lipinski definition) is 3. The van der Waals surface area contributed by atoms with Crippen LogP contribution in [0.15, 0.2) is 12.2 Å². The van der Waals surface area contributed by atoms with Gasteiger partial charge in [0.2, 0.25) is 8.32 Å². The van der Waals surface area contributed by atoms with Gasteiger partial charge in [0.05, 0.1) is 24.4 Å². The summed E-state index contributed by atoms with van der Waals surface area (Å²) >= 11 is 0. The average molecular weight is 453 g/mol. The molecule has 0 bridgehead atoms. The SMILES string of the molecule is C=C(C)[C@@H]1C[C@H](O[C@@H](C)C[C@H](C)O)C2(CCCCC2)[C@H]1O[Si](C(C)C)(C(C)C)C(C)C. The van der Waals surface area contributed by atoms with Crippen LogP contribution in [0.5, 0.6) is 0 Å². The molecule has 0 aliphatic heterocycles. The Balaban J connectivity index is 2.48. The molecule has 1 N–H and O–H groups in total. The normalized spacial score (nSPS) is 28.6. The van der Waals surface area contributed by atoms with Gasteiger partial charge in [-0.2, -0.15) is 0 Å². The molecule has 2 rings (SSSR count). The van der Waals surface area contributed by atoms with Crippen molar-refractivity contribution < 1.29 is 14.3 Å². The van der Waals surface area contributed by atoms with E-state index in [1.807, 2.05) is 6.92 Å². The molecule has 0 aromatic rings. The van der Waals surface area contributed by atoms with Gasteiger partial charge in [0, 0.05) is 11.3 Å². The zero-order valence-electron chi connectivity index (χ0n) is 22.0. The summed E-state index contributed by atoms with van der Waals surface area (Å²) in [5.74, 6) is 0.366. The van der Waals surface area contributed by atoms with E-state index >= 15 is 0 Å². The quantitative estimate of drug-likeness (QED) is 0.273. The summed E-state index contributed by atoms with van der Waals surface area (Å²) in [5.41, 5.74) is 3.07. The van der Waals surface area contributed by atoms with Crippen LogP contribution >= 0.6 is 0 Å². The van der Waals surface area contributed by atoms with Crippen LogP contribution in [0.1, 0.15) is 107 Å². The highest BCUT2D eigenvalue weighted by molar-refractivity contribution is 6.77. The molecule has 0 heterocycles. The summed E-state index contributed by atoms with van der Waals surface area (Å²) in [6.45, 7) is 25.0. The predicted molar refractivity (Wildman–Crippen MR) is 135 cm³/mol. The monoisotopic (exact) mass is 452 g/mol. The molecular formula is C27H52O3Si. The van der Waals surface area contributed by atoms with E-state index in [1.54, 1.807) is 0 Å². The second-order valence-electron chi connectivity index (χ2n) is 11.9. The van der Waals surface area contributed by atoms with Gasteiger partial charge >= 0.3 is 0 Å². The second kappa shape index (κ2) is 10.8. The van der Waals surface area contributed by atoms with Gasteiger partial charge in [0.1, 0.15) is 0 Å². The standard InChI is InChI=1S/C27H52O3Si/c1-18(2)24-17-25(29-23(10)16-22(9)28)27(14-12-11-13-15-27)26(24)30-31(19(3)4,20(5)6)21(7)8/h19-26,28H,1,11-17H2,2-10H3/t22-,23-,24-,25-,26-/m0/s1. The molecule has 0 amide bonds. The summed E-state index contributed by atoms with van der Waals surface area (Å²) in [5, 5.41) is 9.91. The Morgan fingerprint density at radius 1 is 0.968 bits per heavy atom. The summed E-state index contributed by atoms with van der Waals surface area (Å²) in [6.07, 6.45) is 8.13. The third-order valence-electron chi connectivity index (χ3n) is 8.57. The van der Waals surface area contributed by atoms with Gasteiger partial charge < -0.3 is 14.3 Å². The Bertz CT molecular complexity index is 555. The van der Waals surface area contributed by atoms with Crippen molar-refractivity contribution in [3.63, 3.8) is 0 Å². The minimum Gasteiger partial charge on any atom is -0.412 e. The maximum Gasteiger partial charge on any atom is 0.200 e. The first-order valence-corrected chi connectivity index (χ1v) is 15.2. The van der Waals surface area contributed by atoms with Crippen molar-refractivity contribution >= 4 is 8.32 Å². The fraction of sp³-hybridized carbons (Fsp3) is 0.926. The molecular weight excluding hydrogens is 400 g/mol. The molecule has 1 spiro atoms. The summed E-state index contributed by atoms with van der Waals surface area (Å²) in [7, 11) is -2.02. The zero-order valence-corrected chi connectivity index (χ0v) is 23.0. The number of hydrogen-bond donors (Lipinski definition) is 1. The van der Waals surface area contributed by atoms with Crippen molar-refractivity contribution in [2.75, 3.05) is 0 Å². The summed E-state index contributed by atoms with van der Waals surface area (Å²) in [4.78, 5) is 0. The number of ether oxygens (including phenoxy) is 1. The van der Waals surface area contributed by atoms with Crippen LogP contribution in [0.2, 0.25) is 16.6 Å². The maximum atomic E-state index is 9.91. The molecule has 0 aromatic carbocycles. The van der Waals surface area contributed by atoms with Crippen LogP contribution in [0.4, 0.5) is 0 Å². The van der Waals surface area contributed by atoms with Crippen molar-refractivity contribution in [1.82, 2.24) is 0 Å². The van der Waals surface area contributed by atoms with Crippen LogP contribution in [0.3, 0.4) is 0 Å². The fourth-order valence-corrected chi connectivity index (χ4v) is 12.9. The van der Waals surface area contributed by atoms with Crippen molar-refractivity contribution in [3.05, 3.63) is 12.2 Å². The molecule has 31 heavy (non-hydrogen) atoms.